The summed E-state index contributed by atoms with van der Waals surface area (Å²) in [5.41, 5.74) is -0.107. The smallest absolute Gasteiger partial charge is 0.264 e. The van der Waals surface area contributed by atoms with Crippen molar-refractivity contribution >= 4 is 11.6 Å². The molecule has 3 aromatic carbocycles. The van der Waals surface area contributed by atoms with Gasteiger partial charge in [-0.15, -0.1) is 0 Å². The van der Waals surface area contributed by atoms with Crippen molar-refractivity contribution in [3.63, 3.8) is 0 Å². The van der Waals surface area contributed by atoms with E-state index in [0.29, 0.717) is 46.6 Å². The number of hydrogen-bond donors (Lipinski definition) is 2. The van der Waals surface area contributed by atoms with Crippen LogP contribution in [0, 0.1) is 0 Å². The zero-order chi connectivity index (χ0) is 25.9. The lowest BCUT2D eigenvalue weighted by molar-refractivity contribution is -0.160. The van der Waals surface area contributed by atoms with Crippen LogP contribution in [-0.2, 0) is 11.4 Å². The molecule has 1 fully saturated rings. The Balaban J connectivity index is 1.74. The number of aliphatic hydroxyl groups excluding tert-OH is 1. The Kier molecular flexibility index (Phi) is 7.23. The number of methoxy groups -OCH3 is 4. The van der Waals surface area contributed by atoms with Crippen LogP contribution in [0.1, 0.15) is 17.2 Å². The standard InChI is InChI=1S/C27H29NO8/c1-32-20-11-10-18(12-21(20)36-15-17-8-6-5-7-9-17)25-27(31,16-29)26(30)28(25)19-13-22(33-2)24(35-4)23(14-19)34-3/h5-14,25,29,31H,15-16H2,1-4H3/t25-,27-/m0/s1. The molecular formula is C27H29NO8. The van der Waals surface area contributed by atoms with Gasteiger partial charge in [-0.3, -0.25) is 9.69 Å². The molecule has 9 heteroatoms. The Morgan fingerprint density at radius 2 is 1.47 bits per heavy atom. The molecule has 1 aliphatic rings. The van der Waals surface area contributed by atoms with E-state index in [-0.39, 0.29) is 0 Å². The van der Waals surface area contributed by atoms with Gasteiger partial charge in [0.2, 0.25) is 5.75 Å². The lowest BCUT2D eigenvalue weighted by Crippen LogP contribution is -2.70. The fourth-order valence-electron chi connectivity index (χ4n) is 4.35. The highest BCUT2D eigenvalue weighted by Gasteiger charge is 2.61. The largest absolute Gasteiger partial charge is 0.493 e. The van der Waals surface area contributed by atoms with Gasteiger partial charge in [-0.05, 0) is 23.3 Å². The molecule has 3 aromatic rings. The number of β-lactam (4-membered cyclic amide) rings is 1. The van der Waals surface area contributed by atoms with Gasteiger partial charge < -0.3 is 33.9 Å². The maximum Gasteiger partial charge on any atom is 0.264 e. The third-order valence-corrected chi connectivity index (χ3v) is 6.21. The molecule has 4 rings (SSSR count). The van der Waals surface area contributed by atoms with Crippen molar-refractivity contribution in [3.05, 3.63) is 71.8 Å². The number of aliphatic hydroxyl groups is 2. The summed E-state index contributed by atoms with van der Waals surface area (Å²) in [6.07, 6.45) is 0. The van der Waals surface area contributed by atoms with Crippen molar-refractivity contribution in [2.45, 2.75) is 18.2 Å². The Morgan fingerprint density at radius 1 is 0.833 bits per heavy atom. The van der Waals surface area contributed by atoms with Gasteiger partial charge >= 0.3 is 0 Å². The van der Waals surface area contributed by atoms with Gasteiger partial charge in [-0.1, -0.05) is 36.4 Å². The van der Waals surface area contributed by atoms with Crippen molar-refractivity contribution < 1.29 is 38.7 Å². The van der Waals surface area contributed by atoms with Gasteiger partial charge in [0, 0.05) is 12.1 Å². The predicted molar refractivity (Wildman–Crippen MR) is 132 cm³/mol. The van der Waals surface area contributed by atoms with Crippen LogP contribution in [0.4, 0.5) is 5.69 Å². The monoisotopic (exact) mass is 495 g/mol. The van der Waals surface area contributed by atoms with Crippen LogP contribution >= 0.6 is 0 Å². The second-order valence-corrected chi connectivity index (χ2v) is 8.23. The number of nitrogens with zero attached hydrogens (tertiary/aromatic N) is 1. The Hall–Kier alpha value is -3.95. The van der Waals surface area contributed by atoms with E-state index in [9.17, 15) is 15.0 Å². The van der Waals surface area contributed by atoms with E-state index in [1.807, 2.05) is 30.3 Å². The minimum Gasteiger partial charge on any atom is -0.493 e. The van der Waals surface area contributed by atoms with E-state index in [1.54, 1.807) is 30.3 Å². The highest BCUT2D eigenvalue weighted by molar-refractivity contribution is 6.08. The summed E-state index contributed by atoms with van der Waals surface area (Å²) in [5.74, 6) is 1.33. The van der Waals surface area contributed by atoms with Crippen LogP contribution in [0.5, 0.6) is 28.7 Å². The molecular weight excluding hydrogens is 466 g/mol. The van der Waals surface area contributed by atoms with Crippen LogP contribution in [-0.4, -0.2) is 56.8 Å². The van der Waals surface area contributed by atoms with Gasteiger partial charge in [0.25, 0.3) is 5.91 Å². The second-order valence-electron chi connectivity index (χ2n) is 8.23. The Labute approximate surface area is 209 Å². The number of hydrogen-bond acceptors (Lipinski definition) is 8. The molecule has 36 heavy (non-hydrogen) atoms. The molecule has 0 aromatic heterocycles. The van der Waals surface area contributed by atoms with E-state index in [2.05, 4.69) is 0 Å². The van der Waals surface area contributed by atoms with Crippen LogP contribution < -0.4 is 28.6 Å². The Bertz CT molecular complexity index is 1210. The topological polar surface area (TPSA) is 107 Å². The van der Waals surface area contributed by atoms with Crippen molar-refractivity contribution in [1.29, 1.82) is 0 Å². The molecule has 9 nitrogen and oxygen atoms in total. The average molecular weight is 496 g/mol. The fraction of sp³-hybridized carbons (Fsp3) is 0.296. The lowest BCUT2D eigenvalue weighted by Gasteiger charge is -2.52. The highest BCUT2D eigenvalue weighted by atomic mass is 16.5. The third kappa shape index (κ3) is 4.27. The van der Waals surface area contributed by atoms with E-state index in [4.69, 9.17) is 23.7 Å². The summed E-state index contributed by atoms with van der Waals surface area (Å²) in [7, 11) is 5.96. The van der Waals surface area contributed by atoms with E-state index < -0.39 is 24.2 Å². The van der Waals surface area contributed by atoms with Gasteiger partial charge in [0.05, 0.1) is 40.7 Å². The minimum absolute atomic E-state index is 0.297. The van der Waals surface area contributed by atoms with Crippen LogP contribution in [0.25, 0.3) is 0 Å². The number of benzene rings is 3. The van der Waals surface area contributed by atoms with Crippen LogP contribution in [0.3, 0.4) is 0 Å². The summed E-state index contributed by atoms with van der Waals surface area (Å²) >= 11 is 0. The summed E-state index contributed by atoms with van der Waals surface area (Å²) < 4.78 is 27.7. The molecule has 0 aliphatic carbocycles. The van der Waals surface area contributed by atoms with Crippen LogP contribution in [0.2, 0.25) is 0 Å². The molecule has 1 heterocycles. The summed E-state index contributed by atoms with van der Waals surface area (Å²) in [4.78, 5) is 14.5. The molecule has 0 bridgehead atoms. The summed E-state index contributed by atoms with van der Waals surface area (Å²) in [6.45, 7) is -0.464. The molecule has 0 saturated carbocycles. The molecule has 1 aliphatic heterocycles. The van der Waals surface area contributed by atoms with Crippen molar-refractivity contribution in [2.24, 2.45) is 0 Å². The molecule has 2 atom stereocenters. The molecule has 0 radical (unpaired) electrons. The molecule has 2 N–H and O–H groups in total. The number of anilines is 1. The van der Waals surface area contributed by atoms with Gasteiger partial charge in [0.1, 0.15) is 12.6 Å². The number of ether oxygens (including phenoxy) is 5. The first-order valence-electron chi connectivity index (χ1n) is 11.2. The molecule has 190 valence electrons. The number of carbonyl (C=O) groups excluding carboxylic acids is 1. The number of rotatable bonds is 10. The van der Waals surface area contributed by atoms with E-state index in [1.165, 1.54) is 33.3 Å². The van der Waals surface area contributed by atoms with E-state index >= 15 is 0 Å². The zero-order valence-electron chi connectivity index (χ0n) is 20.6. The summed E-state index contributed by atoms with van der Waals surface area (Å²) in [6, 6.07) is 17.1. The first kappa shape index (κ1) is 25.2. The molecule has 1 saturated heterocycles. The van der Waals surface area contributed by atoms with Crippen LogP contribution in [0.15, 0.2) is 60.7 Å². The molecule has 0 unspecified atom stereocenters. The third-order valence-electron chi connectivity index (χ3n) is 6.21. The van der Waals surface area contributed by atoms with Crippen molar-refractivity contribution in [3.8, 4) is 28.7 Å². The molecule has 1 amide bonds. The quantitative estimate of drug-likeness (QED) is 0.413. The second kappa shape index (κ2) is 10.3. The highest BCUT2D eigenvalue weighted by Crippen LogP contribution is 2.50. The fourth-order valence-corrected chi connectivity index (χ4v) is 4.35. The van der Waals surface area contributed by atoms with E-state index in [0.717, 1.165) is 5.56 Å². The van der Waals surface area contributed by atoms with Crippen molar-refractivity contribution in [1.82, 2.24) is 0 Å². The van der Waals surface area contributed by atoms with Crippen molar-refractivity contribution in [2.75, 3.05) is 39.9 Å². The summed E-state index contributed by atoms with van der Waals surface area (Å²) in [5, 5.41) is 21.1. The predicted octanol–water partition coefficient (Wildman–Crippen LogP) is 3.11. The number of carbonyl (C=O) groups is 1. The lowest BCUT2D eigenvalue weighted by atomic mass is 9.78. The zero-order valence-corrected chi connectivity index (χ0v) is 20.6. The van der Waals surface area contributed by atoms with Gasteiger partial charge in [-0.2, -0.15) is 0 Å². The average Bonchev–Trinajstić information content (AvgIpc) is 2.93. The Morgan fingerprint density at radius 3 is 2.03 bits per heavy atom. The first-order chi connectivity index (χ1) is 17.4. The number of amides is 1. The minimum atomic E-state index is -2.02. The van der Waals surface area contributed by atoms with Gasteiger partial charge in [0.15, 0.2) is 28.6 Å². The maximum absolute atomic E-state index is 13.1. The molecule has 0 spiro atoms. The normalized spacial score (nSPS) is 18.9. The maximum atomic E-state index is 13.1. The van der Waals surface area contributed by atoms with Gasteiger partial charge in [-0.25, -0.2) is 0 Å². The SMILES string of the molecule is COc1ccc([C@@H]2N(c3cc(OC)c(OC)c(OC)c3)C(=O)[C@]2(O)CO)cc1OCc1ccccc1. The first-order valence-corrected chi connectivity index (χ1v) is 11.2.